The Hall–Kier alpha value is -2.18. The third-order valence-electron chi connectivity index (χ3n) is 3.79. The molecule has 1 N–H and O–H groups in total. The maximum atomic E-state index is 10.6. The molecule has 27 heavy (non-hydrogen) atoms. The summed E-state index contributed by atoms with van der Waals surface area (Å²) in [7, 11) is 0. The van der Waals surface area contributed by atoms with Gasteiger partial charge in [-0.3, -0.25) is 0 Å². The molecule has 0 saturated heterocycles. The van der Waals surface area contributed by atoms with Crippen molar-refractivity contribution in [3.05, 3.63) is 53.6 Å². The molecule has 6 heteroatoms. The van der Waals surface area contributed by atoms with Gasteiger partial charge in [0.2, 0.25) is 0 Å². The van der Waals surface area contributed by atoms with E-state index in [0.717, 1.165) is 22.0 Å². The molecule has 0 aliphatic heterocycles. The van der Waals surface area contributed by atoms with Crippen LogP contribution in [0.25, 0.3) is 0 Å². The SMILES string of the molecule is CCO[C@H](COc1ccc(C)cc1)CSc1ccc(OCC(=O)O)c(C)c1. The molecule has 0 saturated carbocycles. The van der Waals surface area contributed by atoms with Gasteiger partial charge in [0, 0.05) is 17.3 Å². The first-order valence-electron chi connectivity index (χ1n) is 8.87. The molecule has 0 aliphatic rings. The van der Waals surface area contributed by atoms with Gasteiger partial charge in [-0.25, -0.2) is 4.79 Å². The molecule has 0 amide bonds. The highest BCUT2D eigenvalue weighted by molar-refractivity contribution is 7.99. The van der Waals surface area contributed by atoms with E-state index in [1.807, 2.05) is 57.2 Å². The fourth-order valence-corrected chi connectivity index (χ4v) is 3.40. The molecule has 0 fully saturated rings. The first-order chi connectivity index (χ1) is 13.0. The number of rotatable bonds is 11. The monoisotopic (exact) mass is 390 g/mol. The van der Waals surface area contributed by atoms with E-state index in [2.05, 4.69) is 0 Å². The highest BCUT2D eigenvalue weighted by atomic mass is 32.2. The molecule has 5 nitrogen and oxygen atoms in total. The second-order valence-corrected chi connectivity index (χ2v) is 7.22. The molecule has 2 rings (SSSR count). The maximum absolute atomic E-state index is 10.6. The third kappa shape index (κ3) is 7.53. The van der Waals surface area contributed by atoms with Gasteiger partial charge in [-0.1, -0.05) is 17.7 Å². The lowest BCUT2D eigenvalue weighted by atomic mass is 10.2. The van der Waals surface area contributed by atoms with E-state index >= 15 is 0 Å². The number of carboxylic acids is 1. The standard InChI is InChI=1S/C21H26O5S/c1-4-24-18(12-25-17-7-5-15(2)6-8-17)14-27-19-9-10-20(16(3)11-19)26-13-21(22)23/h5-11,18H,4,12-14H2,1-3H3,(H,22,23)/t18-/m1/s1. The molecule has 0 aromatic heterocycles. The van der Waals surface area contributed by atoms with E-state index < -0.39 is 5.97 Å². The van der Waals surface area contributed by atoms with Gasteiger partial charge in [-0.2, -0.15) is 0 Å². The van der Waals surface area contributed by atoms with Crippen molar-refractivity contribution in [2.45, 2.75) is 31.8 Å². The van der Waals surface area contributed by atoms with Crippen LogP contribution in [0.2, 0.25) is 0 Å². The molecule has 2 aromatic rings. The topological polar surface area (TPSA) is 65.0 Å². The quantitative estimate of drug-likeness (QED) is 0.576. The van der Waals surface area contributed by atoms with E-state index in [1.54, 1.807) is 17.8 Å². The number of aliphatic carboxylic acids is 1. The lowest BCUT2D eigenvalue weighted by Gasteiger charge is -2.18. The Morgan fingerprint density at radius 1 is 1.11 bits per heavy atom. The van der Waals surface area contributed by atoms with Crippen LogP contribution in [0.5, 0.6) is 11.5 Å². The Morgan fingerprint density at radius 3 is 2.48 bits per heavy atom. The lowest BCUT2D eigenvalue weighted by Crippen LogP contribution is -2.24. The predicted molar refractivity (Wildman–Crippen MR) is 107 cm³/mol. The summed E-state index contributed by atoms with van der Waals surface area (Å²) in [4.78, 5) is 11.7. The molecule has 0 bridgehead atoms. The molecule has 0 spiro atoms. The second kappa shape index (κ2) is 10.8. The smallest absolute Gasteiger partial charge is 0.341 e. The van der Waals surface area contributed by atoms with Crippen molar-refractivity contribution in [2.75, 3.05) is 25.6 Å². The van der Waals surface area contributed by atoms with Crippen molar-refractivity contribution in [3.63, 3.8) is 0 Å². The van der Waals surface area contributed by atoms with Gasteiger partial charge in [0.1, 0.15) is 24.2 Å². The fraction of sp³-hybridized carbons (Fsp3) is 0.381. The number of hydrogen-bond donors (Lipinski definition) is 1. The molecular formula is C21H26O5S. The average molecular weight is 391 g/mol. The summed E-state index contributed by atoms with van der Waals surface area (Å²) < 4.78 is 16.9. The van der Waals surface area contributed by atoms with Gasteiger partial charge < -0.3 is 19.3 Å². The molecule has 0 heterocycles. The van der Waals surface area contributed by atoms with Crippen LogP contribution in [0, 0.1) is 13.8 Å². The third-order valence-corrected chi connectivity index (χ3v) is 4.92. The number of carbonyl (C=O) groups is 1. The minimum atomic E-state index is -0.985. The van der Waals surface area contributed by atoms with Gasteiger partial charge in [-0.15, -0.1) is 11.8 Å². The Morgan fingerprint density at radius 2 is 1.85 bits per heavy atom. The van der Waals surface area contributed by atoms with Gasteiger partial charge >= 0.3 is 5.97 Å². The van der Waals surface area contributed by atoms with E-state index in [1.165, 1.54) is 5.56 Å². The van der Waals surface area contributed by atoms with Gasteiger partial charge in [-0.05, 0) is 56.7 Å². The largest absolute Gasteiger partial charge is 0.491 e. The number of aryl methyl sites for hydroxylation is 2. The first-order valence-corrected chi connectivity index (χ1v) is 9.85. The first kappa shape index (κ1) is 21.1. The van der Waals surface area contributed by atoms with Crippen molar-refractivity contribution in [1.82, 2.24) is 0 Å². The summed E-state index contributed by atoms with van der Waals surface area (Å²) in [5.41, 5.74) is 2.11. The number of thioether (sulfide) groups is 1. The molecule has 146 valence electrons. The van der Waals surface area contributed by atoms with Crippen LogP contribution in [-0.4, -0.2) is 42.8 Å². The van der Waals surface area contributed by atoms with E-state index in [-0.39, 0.29) is 12.7 Å². The number of benzene rings is 2. The Labute approximate surface area is 164 Å². The van der Waals surface area contributed by atoms with Crippen LogP contribution in [0.1, 0.15) is 18.1 Å². The van der Waals surface area contributed by atoms with Crippen molar-refractivity contribution in [3.8, 4) is 11.5 Å². The summed E-state index contributed by atoms with van der Waals surface area (Å²) in [5, 5.41) is 8.71. The summed E-state index contributed by atoms with van der Waals surface area (Å²) in [6, 6.07) is 13.7. The molecule has 0 unspecified atom stereocenters. The van der Waals surface area contributed by atoms with Crippen molar-refractivity contribution >= 4 is 17.7 Å². The van der Waals surface area contributed by atoms with E-state index in [4.69, 9.17) is 19.3 Å². The zero-order chi connectivity index (χ0) is 19.6. The van der Waals surface area contributed by atoms with E-state index in [9.17, 15) is 4.79 Å². The summed E-state index contributed by atoms with van der Waals surface area (Å²) >= 11 is 1.68. The van der Waals surface area contributed by atoms with Crippen LogP contribution >= 0.6 is 11.8 Å². The van der Waals surface area contributed by atoms with Crippen molar-refractivity contribution in [2.24, 2.45) is 0 Å². The van der Waals surface area contributed by atoms with Crippen molar-refractivity contribution in [1.29, 1.82) is 0 Å². The number of ether oxygens (including phenoxy) is 3. The summed E-state index contributed by atoms with van der Waals surface area (Å²) in [6.45, 7) is 6.70. The minimum absolute atomic E-state index is 0.0236. The van der Waals surface area contributed by atoms with Crippen LogP contribution in [0.15, 0.2) is 47.4 Å². The summed E-state index contributed by atoms with van der Waals surface area (Å²) in [6.07, 6.45) is -0.0236. The average Bonchev–Trinajstić information content (AvgIpc) is 2.64. The molecule has 2 aromatic carbocycles. The van der Waals surface area contributed by atoms with Gasteiger partial charge in [0.25, 0.3) is 0 Å². The summed E-state index contributed by atoms with van der Waals surface area (Å²) in [5.74, 6) is 1.20. The Kier molecular flexibility index (Phi) is 8.48. The zero-order valence-electron chi connectivity index (χ0n) is 15.9. The molecular weight excluding hydrogens is 364 g/mol. The Balaban J connectivity index is 1.87. The number of carboxylic acid groups (broad SMARTS) is 1. The minimum Gasteiger partial charge on any atom is -0.491 e. The van der Waals surface area contributed by atoms with Crippen molar-refractivity contribution < 1.29 is 24.1 Å². The normalized spacial score (nSPS) is 11.8. The van der Waals surface area contributed by atoms with Crippen LogP contribution in [0.4, 0.5) is 0 Å². The second-order valence-electron chi connectivity index (χ2n) is 6.12. The van der Waals surface area contributed by atoms with Gasteiger partial charge in [0.05, 0.1) is 0 Å². The number of hydrogen-bond acceptors (Lipinski definition) is 5. The van der Waals surface area contributed by atoms with E-state index in [0.29, 0.717) is 19.0 Å². The molecule has 1 atom stereocenters. The fourth-order valence-electron chi connectivity index (χ4n) is 2.41. The van der Waals surface area contributed by atoms with Crippen LogP contribution < -0.4 is 9.47 Å². The van der Waals surface area contributed by atoms with Gasteiger partial charge in [0.15, 0.2) is 6.61 Å². The zero-order valence-corrected chi connectivity index (χ0v) is 16.8. The highest BCUT2D eigenvalue weighted by Gasteiger charge is 2.12. The molecule has 0 radical (unpaired) electrons. The maximum Gasteiger partial charge on any atom is 0.341 e. The predicted octanol–water partition coefficient (Wildman–Crippen LogP) is 4.34. The highest BCUT2D eigenvalue weighted by Crippen LogP contribution is 2.26. The van der Waals surface area contributed by atoms with Crippen LogP contribution in [0.3, 0.4) is 0 Å². The lowest BCUT2D eigenvalue weighted by molar-refractivity contribution is -0.139. The Bertz CT molecular complexity index is 730. The van der Waals surface area contributed by atoms with Crippen LogP contribution in [-0.2, 0) is 9.53 Å². The molecule has 0 aliphatic carbocycles.